The van der Waals surface area contributed by atoms with Crippen molar-refractivity contribution in [2.24, 2.45) is 4.99 Å². The zero-order valence-electron chi connectivity index (χ0n) is 19.1. The SMILES string of the molecule is COc1ccc(C2=NC3CCC(OC(C)=O)CC3c3cc(OC)c(OC)cc32)cc1OC. The fourth-order valence-corrected chi connectivity index (χ4v) is 4.80. The van der Waals surface area contributed by atoms with Crippen molar-refractivity contribution in [2.75, 3.05) is 28.4 Å². The molecule has 7 heteroatoms. The number of fused-ring (bicyclic) bond motifs is 3. The summed E-state index contributed by atoms with van der Waals surface area (Å²) in [5.41, 5.74) is 3.94. The molecule has 2 aromatic carbocycles. The number of aliphatic imine (C=N–C) groups is 1. The van der Waals surface area contributed by atoms with Crippen molar-refractivity contribution in [1.82, 2.24) is 0 Å². The predicted molar refractivity (Wildman–Crippen MR) is 121 cm³/mol. The molecule has 0 radical (unpaired) electrons. The Hall–Kier alpha value is -3.22. The van der Waals surface area contributed by atoms with E-state index < -0.39 is 0 Å². The molecule has 4 rings (SSSR count). The Morgan fingerprint density at radius 2 is 1.53 bits per heavy atom. The number of nitrogens with zero attached hydrogens (tertiary/aromatic N) is 1. The standard InChI is InChI=1S/C25H29NO6/c1-14(27)32-16-7-8-20-18(11-16)17-12-23(30-4)24(31-5)13-19(17)25(26-20)15-6-9-21(28-2)22(10-15)29-3/h6,9-10,12-13,16,18,20H,7-8,11H2,1-5H3. The van der Waals surface area contributed by atoms with Crippen molar-refractivity contribution in [3.63, 3.8) is 0 Å². The third-order valence-corrected chi connectivity index (χ3v) is 6.26. The van der Waals surface area contributed by atoms with Gasteiger partial charge in [0.1, 0.15) is 6.10 Å². The molecule has 1 heterocycles. The van der Waals surface area contributed by atoms with Crippen LogP contribution in [0.4, 0.5) is 0 Å². The molecule has 3 unspecified atom stereocenters. The number of rotatable bonds is 6. The normalized spacial score (nSPS) is 21.5. The first-order chi connectivity index (χ1) is 15.5. The maximum absolute atomic E-state index is 11.5. The average molecular weight is 440 g/mol. The van der Waals surface area contributed by atoms with Crippen molar-refractivity contribution in [2.45, 2.75) is 44.2 Å². The van der Waals surface area contributed by atoms with Crippen LogP contribution in [0.15, 0.2) is 35.3 Å². The largest absolute Gasteiger partial charge is 0.493 e. The monoisotopic (exact) mass is 439 g/mol. The van der Waals surface area contributed by atoms with Gasteiger partial charge in [-0.1, -0.05) is 0 Å². The highest BCUT2D eigenvalue weighted by atomic mass is 16.5. The Morgan fingerprint density at radius 1 is 0.875 bits per heavy atom. The van der Waals surface area contributed by atoms with Crippen LogP contribution in [0.3, 0.4) is 0 Å². The topological polar surface area (TPSA) is 75.6 Å². The predicted octanol–water partition coefficient (Wildman–Crippen LogP) is 4.14. The van der Waals surface area contributed by atoms with Gasteiger partial charge < -0.3 is 23.7 Å². The van der Waals surface area contributed by atoms with E-state index >= 15 is 0 Å². The zero-order valence-corrected chi connectivity index (χ0v) is 19.1. The summed E-state index contributed by atoms with van der Waals surface area (Å²) in [4.78, 5) is 16.7. The van der Waals surface area contributed by atoms with E-state index in [-0.39, 0.29) is 24.0 Å². The highest BCUT2D eigenvalue weighted by molar-refractivity contribution is 6.15. The fraction of sp³-hybridized carbons (Fsp3) is 0.440. The second kappa shape index (κ2) is 9.10. The minimum atomic E-state index is -0.244. The van der Waals surface area contributed by atoms with Gasteiger partial charge in [0.05, 0.1) is 40.2 Å². The molecule has 0 spiro atoms. The lowest BCUT2D eigenvalue weighted by atomic mass is 9.74. The molecule has 7 nitrogen and oxygen atoms in total. The number of hydrogen-bond acceptors (Lipinski definition) is 7. The van der Waals surface area contributed by atoms with Gasteiger partial charge in [0.2, 0.25) is 0 Å². The molecule has 0 bridgehead atoms. The summed E-state index contributed by atoms with van der Waals surface area (Å²) >= 11 is 0. The molecule has 0 N–H and O–H groups in total. The quantitative estimate of drug-likeness (QED) is 0.630. The van der Waals surface area contributed by atoms with Crippen molar-refractivity contribution in [3.05, 3.63) is 47.0 Å². The van der Waals surface area contributed by atoms with Gasteiger partial charge in [0, 0.05) is 24.0 Å². The molecular weight excluding hydrogens is 410 g/mol. The Balaban J connectivity index is 1.83. The zero-order chi connectivity index (χ0) is 22.8. The smallest absolute Gasteiger partial charge is 0.302 e. The van der Waals surface area contributed by atoms with E-state index in [9.17, 15) is 4.79 Å². The third-order valence-electron chi connectivity index (χ3n) is 6.26. The maximum atomic E-state index is 11.5. The van der Waals surface area contributed by atoms with Crippen molar-refractivity contribution >= 4 is 11.7 Å². The number of benzene rings is 2. The van der Waals surface area contributed by atoms with Gasteiger partial charge in [0.25, 0.3) is 0 Å². The van der Waals surface area contributed by atoms with Gasteiger partial charge in [-0.15, -0.1) is 0 Å². The van der Waals surface area contributed by atoms with E-state index in [1.54, 1.807) is 28.4 Å². The van der Waals surface area contributed by atoms with Crippen molar-refractivity contribution in [1.29, 1.82) is 0 Å². The fourth-order valence-electron chi connectivity index (χ4n) is 4.80. The molecule has 32 heavy (non-hydrogen) atoms. The van der Waals surface area contributed by atoms with Crippen molar-refractivity contribution in [3.8, 4) is 23.0 Å². The average Bonchev–Trinajstić information content (AvgIpc) is 2.81. The highest BCUT2D eigenvalue weighted by Gasteiger charge is 2.38. The van der Waals surface area contributed by atoms with E-state index in [0.717, 1.165) is 41.7 Å². The van der Waals surface area contributed by atoms with E-state index in [1.165, 1.54) is 6.92 Å². The molecular formula is C25H29NO6. The van der Waals surface area contributed by atoms with Gasteiger partial charge in [0.15, 0.2) is 23.0 Å². The second-order valence-electron chi connectivity index (χ2n) is 8.06. The van der Waals surface area contributed by atoms with Gasteiger partial charge in [-0.25, -0.2) is 0 Å². The molecule has 170 valence electrons. The number of carbonyl (C=O) groups is 1. The molecule has 3 atom stereocenters. The highest BCUT2D eigenvalue weighted by Crippen LogP contribution is 2.45. The Kier molecular flexibility index (Phi) is 6.26. The lowest BCUT2D eigenvalue weighted by molar-refractivity contribution is -0.148. The van der Waals surface area contributed by atoms with Crippen molar-refractivity contribution < 1.29 is 28.5 Å². The first kappa shape index (κ1) is 22.0. The Bertz CT molecular complexity index is 1050. The summed E-state index contributed by atoms with van der Waals surface area (Å²) in [7, 11) is 6.50. The van der Waals surface area contributed by atoms with Crippen LogP contribution < -0.4 is 18.9 Å². The number of ether oxygens (including phenoxy) is 5. The lowest BCUT2D eigenvalue weighted by Gasteiger charge is -2.38. The number of carbonyl (C=O) groups excluding carboxylic acids is 1. The van der Waals surface area contributed by atoms with Crippen LogP contribution >= 0.6 is 0 Å². The summed E-state index contributed by atoms with van der Waals surface area (Å²) < 4.78 is 27.7. The lowest BCUT2D eigenvalue weighted by Crippen LogP contribution is -2.36. The molecule has 1 saturated carbocycles. The maximum Gasteiger partial charge on any atom is 0.302 e. The molecule has 2 aromatic rings. The Labute approximate surface area is 188 Å². The molecule has 1 aliphatic heterocycles. The van der Waals surface area contributed by atoms with Crippen LogP contribution in [-0.4, -0.2) is 52.3 Å². The number of esters is 1. The summed E-state index contributed by atoms with van der Waals surface area (Å²) in [6.07, 6.45) is 2.27. The van der Waals surface area contributed by atoms with Crippen LogP contribution in [0.25, 0.3) is 0 Å². The van der Waals surface area contributed by atoms with E-state index in [2.05, 4.69) is 0 Å². The molecule has 1 fully saturated rings. The van der Waals surface area contributed by atoms with Crippen LogP contribution in [0.2, 0.25) is 0 Å². The van der Waals surface area contributed by atoms with Gasteiger partial charge >= 0.3 is 5.97 Å². The van der Waals surface area contributed by atoms with E-state index in [4.69, 9.17) is 28.7 Å². The van der Waals surface area contributed by atoms with Gasteiger partial charge in [-0.2, -0.15) is 0 Å². The van der Waals surface area contributed by atoms with Gasteiger partial charge in [-0.3, -0.25) is 9.79 Å². The Morgan fingerprint density at radius 3 is 2.19 bits per heavy atom. The molecule has 0 amide bonds. The molecule has 1 aliphatic carbocycles. The third kappa shape index (κ3) is 3.99. The molecule has 0 aromatic heterocycles. The van der Waals surface area contributed by atoms with E-state index in [0.29, 0.717) is 23.0 Å². The molecule has 0 saturated heterocycles. The number of methoxy groups -OCH3 is 4. The molecule has 2 aliphatic rings. The van der Waals surface area contributed by atoms with E-state index in [1.807, 2.05) is 30.3 Å². The minimum absolute atomic E-state index is 0.0931. The minimum Gasteiger partial charge on any atom is -0.493 e. The first-order valence-corrected chi connectivity index (χ1v) is 10.7. The van der Waals surface area contributed by atoms with Gasteiger partial charge in [-0.05, 0) is 55.2 Å². The van der Waals surface area contributed by atoms with Crippen LogP contribution in [0.5, 0.6) is 23.0 Å². The first-order valence-electron chi connectivity index (χ1n) is 10.7. The summed E-state index contributed by atoms with van der Waals surface area (Å²) in [6, 6.07) is 9.94. The van der Waals surface area contributed by atoms with Crippen LogP contribution in [0.1, 0.15) is 48.8 Å². The summed E-state index contributed by atoms with van der Waals surface area (Å²) in [5.74, 6) is 2.52. The summed E-state index contributed by atoms with van der Waals surface area (Å²) in [5, 5.41) is 0. The number of hydrogen-bond donors (Lipinski definition) is 0. The summed E-state index contributed by atoms with van der Waals surface area (Å²) in [6.45, 7) is 1.46. The van der Waals surface area contributed by atoms with Crippen LogP contribution in [-0.2, 0) is 9.53 Å². The second-order valence-corrected chi connectivity index (χ2v) is 8.06. The van der Waals surface area contributed by atoms with Crippen LogP contribution in [0, 0.1) is 0 Å².